The SMILES string of the molecule is Cc1cnc2c(ccc3ccc(C(O)c4ccccc4)nc32)c1. The summed E-state index contributed by atoms with van der Waals surface area (Å²) >= 11 is 0. The van der Waals surface area contributed by atoms with Gasteiger partial charge in [-0.05, 0) is 30.2 Å². The number of nitrogens with zero attached hydrogens (tertiary/aromatic N) is 2. The zero-order chi connectivity index (χ0) is 15.8. The number of aliphatic hydroxyl groups excluding tert-OH is 1. The summed E-state index contributed by atoms with van der Waals surface area (Å²) in [5, 5.41) is 12.7. The average molecular weight is 300 g/mol. The molecule has 3 heteroatoms. The number of aliphatic hydroxyl groups is 1. The first-order valence-electron chi connectivity index (χ1n) is 7.61. The van der Waals surface area contributed by atoms with Crippen molar-refractivity contribution in [1.29, 1.82) is 0 Å². The maximum absolute atomic E-state index is 10.6. The molecule has 23 heavy (non-hydrogen) atoms. The first-order valence-corrected chi connectivity index (χ1v) is 7.61. The minimum absolute atomic E-state index is 0.638. The maximum atomic E-state index is 10.6. The van der Waals surface area contributed by atoms with Crippen molar-refractivity contribution >= 4 is 21.8 Å². The fraction of sp³-hybridized carbons (Fsp3) is 0.100. The Bertz CT molecular complexity index is 996. The molecular weight excluding hydrogens is 284 g/mol. The number of hydrogen-bond acceptors (Lipinski definition) is 3. The van der Waals surface area contributed by atoms with Crippen LogP contribution in [0.25, 0.3) is 21.8 Å². The number of pyridine rings is 2. The Balaban J connectivity index is 1.91. The molecule has 2 aromatic heterocycles. The average Bonchev–Trinajstić information content (AvgIpc) is 2.61. The molecule has 2 heterocycles. The Morgan fingerprint density at radius 3 is 2.43 bits per heavy atom. The molecule has 0 saturated carbocycles. The van der Waals surface area contributed by atoms with Gasteiger partial charge in [-0.2, -0.15) is 0 Å². The summed E-state index contributed by atoms with van der Waals surface area (Å²) in [5.41, 5.74) is 4.30. The van der Waals surface area contributed by atoms with Gasteiger partial charge in [0, 0.05) is 17.0 Å². The predicted octanol–water partition coefficient (Wildman–Crippen LogP) is 4.17. The zero-order valence-corrected chi connectivity index (χ0v) is 12.8. The van der Waals surface area contributed by atoms with Gasteiger partial charge in [-0.15, -0.1) is 0 Å². The predicted molar refractivity (Wildman–Crippen MR) is 92.3 cm³/mol. The molecule has 2 aromatic carbocycles. The normalized spacial score (nSPS) is 12.6. The maximum Gasteiger partial charge on any atom is 0.121 e. The molecule has 0 fully saturated rings. The molecule has 1 atom stereocenters. The molecular formula is C20H16N2O. The number of fused-ring (bicyclic) bond motifs is 3. The van der Waals surface area contributed by atoms with Crippen molar-refractivity contribution in [1.82, 2.24) is 9.97 Å². The van der Waals surface area contributed by atoms with Crippen molar-refractivity contribution < 1.29 is 5.11 Å². The number of aromatic nitrogens is 2. The van der Waals surface area contributed by atoms with Crippen LogP contribution >= 0.6 is 0 Å². The van der Waals surface area contributed by atoms with E-state index in [2.05, 4.69) is 17.1 Å². The molecule has 0 aliphatic rings. The third-order valence-electron chi connectivity index (χ3n) is 4.06. The highest BCUT2D eigenvalue weighted by molar-refractivity contribution is 6.02. The lowest BCUT2D eigenvalue weighted by Gasteiger charge is -2.12. The Hall–Kier alpha value is -2.78. The molecule has 0 spiro atoms. The van der Waals surface area contributed by atoms with Crippen LogP contribution in [0, 0.1) is 6.92 Å². The number of hydrogen-bond donors (Lipinski definition) is 1. The topological polar surface area (TPSA) is 46.0 Å². The van der Waals surface area contributed by atoms with E-state index in [9.17, 15) is 5.11 Å². The van der Waals surface area contributed by atoms with Gasteiger partial charge in [-0.3, -0.25) is 4.98 Å². The van der Waals surface area contributed by atoms with Crippen LogP contribution in [0.4, 0.5) is 0 Å². The van der Waals surface area contributed by atoms with E-state index in [0.29, 0.717) is 5.69 Å². The highest BCUT2D eigenvalue weighted by Gasteiger charge is 2.13. The second kappa shape index (κ2) is 5.45. The van der Waals surface area contributed by atoms with Crippen LogP contribution in [-0.2, 0) is 0 Å². The summed E-state index contributed by atoms with van der Waals surface area (Å²) < 4.78 is 0. The van der Waals surface area contributed by atoms with Gasteiger partial charge in [0.2, 0.25) is 0 Å². The molecule has 4 aromatic rings. The molecule has 0 aliphatic carbocycles. The standard InChI is InChI=1S/C20H16N2O/c1-13-11-16-8-7-14-9-10-17(22-19(14)18(16)21-12-13)20(23)15-5-3-2-4-6-15/h2-12,20,23H,1H3. The second-order valence-corrected chi connectivity index (χ2v) is 5.77. The van der Waals surface area contributed by atoms with Gasteiger partial charge in [0.15, 0.2) is 0 Å². The lowest BCUT2D eigenvalue weighted by molar-refractivity contribution is 0.216. The van der Waals surface area contributed by atoms with Gasteiger partial charge in [-0.1, -0.05) is 48.5 Å². The Labute approximate surface area is 134 Å². The minimum Gasteiger partial charge on any atom is -0.382 e. The van der Waals surface area contributed by atoms with E-state index in [1.807, 2.05) is 61.7 Å². The lowest BCUT2D eigenvalue weighted by Crippen LogP contribution is -2.02. The van der Waals surface area contributed by atoms with E-state index < -0.39 is 6.10 Å². The Morgan fingerprint density at radius 2 is 1.61 bits per heavy atom. The molecule has 3 nitrogen and oxygen atoms in total. The Morgan fingerprint density at radius 1 is 0.870 bits per heavy atom. The smallest absolute Gasteiger partial charge is 0.121 e. The van der Waals surface area contributed by atoms with Crippen LogP contribution in [0.15, 0.2) is 66.9 Å². The number of benzene rings is 2. The number of aryl methyl sites for hydroxylation is 1. The molecule has 0 saturated heterocycles. The molecule has 4 rings (SSSR count). The van der Waals surface area contributed by atoms with Crippen LogP contribution in [0.1, 0.15) is 22.9 Å². The summed E-state index contributed by atoms with van der Waals surface area (Å²) in [6.07, 6.45) is 1.12. The van der Waals surface area contributed by atoms with Crippen LogP contribution in [0.2, 0.25) is 0 Å². The molecule has 112 valence electrons. The van der Waals surface area contributed by atoms with Crippen LogP contribution < -0.4 is 0 Å². The van der Waals surface area contributed by atoms with Gasteiger partial charge < -0.3 is 5.11 Å². The van der Waals surface area contributed by atoms with E-state index in [1.165, 1.54) is 0 Å². The minimum atomic E-state index is -0.735. The van der Waals surface area contributed by atoms with E-state index >= 15 is 0 Å². The monoisotopic (exact) mass is 300 g/mol. The lowest BCUT2D eigenvalue weighted by atomic mass is 10.0. The largest absolute Gasteiger partial charge is 0.382 e. The Kier molecular flexibility index (Phi) is 3.28. The third-order valence-corrected chi connectivity index (χ3v) is 4.06. The molecule has 0 bridgehead atoms. The summed E-state index contributed by atoms with van der Waals surface area (Å²) in [4.78, 5) is 9.23. The van der Waals surface area contributed by atoms with E-state index in [-0.39, 0.29) is 0 Å². The first kappa shape index (κ1) is 13.9. The van der Waals surface area contributed by atoms with Gasteiger partial charge in [0.25, 0.3) is 0 Å². The van der Waals surface area contributed by atoms with Crippen LogP contribution in [0.3, 0.4) is 0 Å². The third kappa shape index (κ3) is 2.45. The van der Waals surface area contributed by atoms with Gasteiger partial charge in [0.1, 0.15) is 6.10 Å². The van der Waals surface area contributed by atoms with Crippen molar-refractivity contribution in [2.24, 2.45) is 0 Å². The summed E-state index contributed by atoms with van der Waals surface area (Å²) in [6, 6.07) is 19.6. The highest BCUT2D eigenvalue weighted by Crippen LogP contribution is 2.26. The van der Waals surface area contributed by atoms with E-state index in [1.54, 1.807) is 0 Å². The fourth-order valence-corrected chi connectivity index (χ4v) is 2.86. The van der Waals surface area contributed by atoms with Crippen molar-refractivity contribution in [3.63, 3.8) is 0 Å². The zero-order valence-electron chi connectivity index (χ0n) is 12.8. The molecule has 1 N–H and O–H groups in total. The molecule has 0 aliphatic heterocycles. The van der Waals surface area contributed by atoms with Gasteiger partial charge in [0.05, 0.1) is 16.7 Å². The number of rotatable bonds is 2. The fourth-order valence-electron chi connectivity index (χ4n) is 2.86. The van der Waals surface area contributed by atoms with Crippen LogP contribution in [0.5, 0.6) is 0 Å². The molecule has 0 radical (unpaired) electrons. The van der Waals surface area contributed by atoms with Crippen LogP contribution in [-0.4, -0.2) is 15.1 Å². The summed E-state index contributed by atoms with van der Waals surface area (Å²) in [7, 11) is 0. The molecule has 0 amide bonds. The van der Waals surface area contributed by atoms with Gasteiger partial charge in [-0.25, -0.2) is 4.98 Å². The van der Waals surface area contributed by atoms with E-state index in [0.717, 1.165) is 32.9 Å². The van der Waals surface area contributed by atoms with Crippen molar-refractivity contribution in [3.8, 4) is 0 Å². The summed E-state index contributed by atoms with van der Waals surface area (Å²) in [5.74, 6) is 0. The van der Waals surface area contributed by atoms with Crippen molar-refractivity contribution in [3.05, 3.63) is 83.7 Å². The van der Waals surface area contributed by atoms with Gasteiger partial charge >= 0.3 is 0 Å². The quantitative estimate of drug-likeness (QED) is 0.565. The van der Waals surface area contributed by atoms with Crippen molar-refractivity contribution in [2.45, 2.75) is 13.0 Å². The van der Waals surface area contributed by atoms with Crippen molar-refractivity contribution in [2.75, 3.05) is 0 Å². The first-order chi connectivity index (χ1) is 11.2. The highest BCUT2D eigenvalue weighted by atomic mass is 16.3. The van der Waals surface area contributed by atoms with E-state index in [4.69, 9.17) is 4.98 Å². The summed E-state index contributed by atoms with van der Waals surface area (Å²) in [6.45, 7) is 2.03. The second-order valence-electron chi connectivity index (χ2n) is 5.77. The molecule has 1 unspecified atom stereocenters.